The van der Waals surface area contributed by atoms with E-state index in [9.17, 15) is 26.7 Å². The number of aromatic nitrogens is 1. The van der Waals surface area contributed by atoms with Crippen molar-refractivity contribution >= 4 is 16.9 Å². The Labute approximate surface area is 191 Å². The number of amides is 1. The second kappa shape index (κ2) is 8.86. The molecular weight excluding hydrogens is 461 g/mol. The quantitative estimate of drug-likeness (QED) is 0.528. The highest BCUT2D eigenvalue weighted by Gasteiger charge is 2.40. The zero-order chi connectivity index (χ0) is 24.7. The average Bonchev–Trinajstić information content (AvgIpc) is 3.05. The van der Waals surface area contributed by atoms with Gasteiger partial charge < -0.3 is 14.5 Å². The summed E-state index contributed by atoms with van der Waals surface area (Å²) in [6, 6.07) is 6.41. The topological polar surface area (TPSA) is 67.6 Å². The second-order valence-electron chi connectivity index (χ2n) is 8.42. The van der Waals surface area contributed by atoms with Gasteiger partial charge in [-0.15, -0.1) is 0 Å². The molecule has 182 valence electrons. The van der Waals surface area contributed by atoms with Crippen LogP contribution in [-0.4, -0.2) is 47.9 Å². The predicted octanol–water partition coefficient (Wildman–Crippen LogP) is 4.80. The third kappa shape index (κ3) is 5.14. The van der Waals surface area contributed by atoms with Gasteiger partial charge in [-0.1, -0.05) is 6.07 Å². The molecule has 3 aromatic rings. The van der Waals surface area contributed by atoms with E-state index in [0.717, 1.165) is 6.20 Å². The molecular formula is C23H22F5N3O3. The molecule has 0 radical (unpaired) electrons. The van der Waals surface area contributed by atoms with Crippen molar-refractivity contribution in [3.8, 4) is 5.75 Å². The summed E-state index contributed by atoms with van der Waals surface area (Å²) in [7, 11) is 1.56. The summed E-state index contributed by atoms with van der Waals surface area (Å²) in [5.74, 6) is -2.99. The van der Waals surface area contributed by atoms with Crippen molar-refractivity contribution in [1.82, 2.24) is 15.2 Å². The number of ether oxygens (including phenoxy) is 1. The molecule has 1 amide bonds. The minimum absolute atomic E-state index is 0.140. The Morgan fingerprint density at radius 3 is 2.79 bits per heavy atom. The van der Waals surface area contributed by atoms with Crippen LogP contribution in [0.5, 0.6) is 5.75 Å². The number of likely N-dealkylation sites (tertiary alicyclic amines) is 1. The van der Waals surface area contributed by atoms with Gasteiger partial charge in [0, 0.05) is 36.2 Å². The predicted molar refractivity (Wildman–Crippen MR) is 113 cm³/mol. The minimum atomic E-state index is -4.62. The first-order valence-electron chi connectivity index (χ1n) is 10.5. The molecule has 1 saturated heterocycles. The Bertz CT molecular complexity index is 1210. The van der Waals surface area contributed by atoms with E-state index >= 15 is 0 Å². The van der Waals surface area contributed by atoms with Crippen molar-refractivity contribution in [2.75, 3.05) is 20.1 Å². The number of carbonyl (C=O) groups excluding carboxylic acids is 1. The zero-order valence-corrected chi connectivity index (χ0v) is 18.4. The maximum absolute atomic E-state index is 13.9. The first kappa shape index (κ1) is 23.9. The zero-order valence-electron chi connectivity index (χ0n) is 18.4. The maximum Gasteiger partial charge on any atom is 0.433 e. The van der Waals surface area contributed by atoms with E-state index < -0.39 is 42.8 Å². The number of furan rings is 1. The number of likely N-dealkylation sites (N-methyl/N-ethyl adjacent to an activating group) is 1. The average molecular weight is 483 g/mol. The molecule has 0 saturated carbocycles. The number of pyridine rings is 1. The van der Waals surface area contributed by atoms with Crippen molar-refractivity contribution in [3.05, 3.63) is 59.1 Å². The number of benzene rings is 1. The van der Waals surface area contributed by atoms with Crippen molar-refractivity contribution in [1.29, 1.82) is 0 Å². The van der Waals surface area contributed by atoms with Gasteiger partial charge in [0.05, 0.1) is 12.1 Å². The molecule has 1 fully saturated rings. The van der Waals surface area contributed by atoms with Gasteiger partial charge in [0.1, 0.15) is 23.7 Å². The van der Waals surface area contributed by atoms with E-state index in [0.29, 0.717) is 11.0 Å². The number of carbonyl (C=O) groups is 1. The van der Waals surface area contributed by atoms with E-state index in [2.05, 4.69) is 10.3 Å². The van der Waals surface area contributed by atoms with Crippen LogP contribution in [0.3, 0.4) is 0 Å². The molecule has 1 unspecified atom stereocenters. The van der Waals surface area contributed by atoms with Crippen molar-refractivity contribution < 1.29 is 35.9 Å². The third-order valence-electron chi connectivity index (χ3n) is 5.53. The monoisotopic (exact) mass is 483 g/mol. The molecule has 1 atom stereocenters. The van der Waals surface area contributed by atoms with Gasteiger partial charge in [0.15, 0.2) is 5.69 Å². The SMILES string of the molecule is Cc1oc2ccc(OCc3cccnc3C(F)(F)F)cc2c1C(=O)NC1CN(C)CC(F)(F)C1. The molecule has 34 heavy (non-hydrogen) atoms. The third-order valence-corrected chi connectivity index (χ3v) is 5.53. The smallest absolute Gasteiger partial charge is 0.433 e. The van der Waals surface area contributed by atoms with Crippen molar-refractivity contribution in [2.45, 2.75) is 38.1 Å². The Morgan fingerprint density at radius 1 is 1.32 bits per heavy atom. The summed E-state index contributed by atoms with van der Waals surface area (Å²) < 4.78 is 78.5. The summed E-state index contributed by atoms with van der Waals surface area (Å²) in [6.45, 7) is 1.08. The Kier molecular flexibility index (Phi) is 6.24. The number of fused-ring (bicyclic) bond motifs is 1. The molecule has 0 bridgehead atoms. The maximum atomic E-state index is 13.9. The number of nitrogens with one attached hydrogen (secondary N) is 1. The molecule has 11 heteroatoms. The molecule has 4 rings (SSSR count). The van der Waals surface area contributed by atoms with Crippen LogP contribution < -0.4 is 10.1 Å². The second-order valence-corrected chi connectivity index (χ2v) is 8.42. The van der Waals surface area contributed by atoms with Gasteiger partial charge >= 0.3 is 6.18 Å². The standard InChI is InChI=1S/C23H22F5N3O3/c1-13-19(21(32)30-15-9-22(24,25)12-31(2)10-15)17-8-16(5-6-18(17)34-13)33-11-14-4-3-7-29-20(14)23(26,27)28/h3-8,15H,9-12H2,1-2H3,(H,30,32). The lowest BCUT2D eigenvalue weighted by Crippen LogP contribution is -2.53. The van der Waals surface area contributed by atoms with E-state index in [1.165, 1.54) is 35.2 Å². The highest BCUT2D eigenvalue weighted by atomic mass is 19.4. The lowest BCUT2D eigenvalue weighted by Gasteiger charge is -2.35. The van der Waals surface area contributed by atoms with E-state index in [1.807, 2.05) is 0 Å². The van der Waals surface area contributed by atoms with Crippen LogP contribution in [0.1, 0.15) is 33.8 Å². The fourth-order valence-electron chi connectivity index (χ4n) is 4.22. The van der Waals surface area contributed by atoms with Gasteiger partial charge in [-0.2, -0.15) is 13.2 Å². The van der Waals surface area contributed by atoms with Gasteiger partial charge in [0.25, 0.3) is 11.8 Å². The number of hydrogen-bond acceptors (Lipinski definition) is 5. The lowest BCUT2D eigenvalue weighted by atomic mass is 10.0. The molecule has 1 N–H and O–H groups in total. The Hall–Kier alpha value is -3.21. The molecule has 3 heterocycles. The van der Waals surface area contributed by atoms with E-state index in [1.54, 1.807) is 14.0 Å². The molecule has 1 aliphatic heterocycles. The largest absolute Gasteiger partial charge is 0.489 e. The summed E-state index contributed by atoms with van der Waals surface area (Å²) in [5.41, 5.74) is -0.656. The molecule has 0 aliphatic carbocycles. The number of piperidine rings is 1. The Morgan fingerprint density at radius 2 is 2.09 bits per heavy atom. The molecule has 6 nitrogen and oxygen atoms in total. The molecule has 2 aromatic heterocycles. The Balaban J connectivity index is 1.55. The number of hydrogen-bond donors (Lipinski definition) is 1. The summed E-state index contributed by atoms with van der Waals surface area (Å²) >= 11 is 0. The highest BCUT2D eigenvalue weighted by Crippen LogP contribution is 2.33. The van der Waals surface area contributed by atoms with Crippen LogP contribution >= 0.6 is 0 Å². The van der Waals surface area contributed by atoms with Crippen LogP contribution in [0, 0.1) is 6.92 Å². The summed E-state index contributed by atoms with van der Waals surface area (Å²) in [4.78, 5) is 17.8. The van der Waals surface area contributed by atoms with Gasteiger partial charge in [-0.05, 0) is 38.2 Å². The van der Waals surface area contributed by atoms with Crippen LogP contribution in [0.2, 0.25) is 0 Å². The number of halogens is 5. The fourth-order valence-corrected chi connectivity index (χ4v) is 4.22. The lowest BCUT2D eigenvalue weighted by molar-refractivity contribution is -0.142. The van der Waals surface area contributed by atoms with Crippen LogP contribution in [-0.2, 0) is 12.8 Å². The number of rotatable bonds is 5. The van der Waals surface area contributed by atoms with E-state index in [-0.39, 0.29) is 35.7 Å². The molecule has 0 spiro atoms. The van der Waals surface area contributed by atoms with E-state index in [4.69, 9.17) is 9.15 Å². The van der Waals surface area contributed by atoms with Gasteiger partial charge in [0.2, 0.25) is 0 Å². The van der Waals surface area contributed by atoms with Gasteiger partial charge in [-0.25, -0.2) is 8.78 Å². The fraction of sp³-hybridized carbons (Fsp3) is 0.391. The normalized spacial score (nSPS) is 18.7. The van der Waals surface area contributed by atoms with Crippen LogP contribution in [0.15, 0.2) is 40.9 Å². The molecule has 1 aliphatic rings. The van der Waals surface area contributed by atoms with Crippen LogP contribution in [0.4, 0.5) is 22.0 Å². The van der Waals surface area contributed by atoms with Crippen molar-refractivity contribution in [2.24, 2.45) is 0 Å². The van der Waals surface area contributed by atoms with Gasteiger partial charge in [-0.3, -0.25) is 14.7 Å². The first-order chi connectivity index (χ1) is 15.9. The van der Waals surface area contributed by atoms with Crippen LogP contribution in [0.25, 0.3) is 11.0 Å². The highest BCUT2D eigenvalue weighted by molar-refractivity contribution is 6.07. The minimum Gasteiger partial charge on any atom is -0.489 e. The first-order valence-corrected chi connectivity index (χ1v) is 10.5. The number of aryl methyl sites for hydroxylation is 1. The number of nitrogens with zero attached hydrogens (tertiary/aromatic N) is 2. The molecule has 1 aromatic carbocycles. The number of alkyl halides is 5. The summed E-state index contributed by atoms with van der Waals surface area (Å²) in [5, 5.41) is 3.01. The summed E-state index contributed by atoms with van der Waals surface area (Å²) in [6.07, 6.45) is -4.04. The van der Waals surface area contributed by atoms with Crippen molar-refractivity contribution in [3.63, 3.8) is 0 Å².